The van der Waals surface area contributed by atoms with Crippen molar-refractivity contribution < 1.29 is 4.79 Å². The molecule has 1 fully saturated rings. The zero-order valence-electron chi connectivity index (χ0n) is 15.0. The minimum Gasteiger partial charge on any atom is -0.310 e. The fourth-order valence-electron chi connectivity index (χ4n) is 2.24. The topological polar surface area (TPSA) is 35.9 Å². The van der Waals surface area contributed by atoms with Crippen molar-refractivity contribution in [2.45, 2.75) is 59.2 Å². The van der Waals surface area contributed by atoms with E-state index in [1.807, 2.05) is 35.2 Å². The van der Waals surface area contributed by atoms with Gasteiger partial charge in [0.05, 0.1) is 18.0 Å². The lowest BCUT2D eigenvalue weighted by atomic mass is 10.1. The van der Waals surface area contributed by atoms with Gasteiger partial charge in [-0.15, -0.1) is 0 Å². The Kier molecular flexibility index (Phi) is 5.09. The van der Waals surface area contributed by atoms with Crippen LogP contribution in [0.25, 0.3) is 0 Å². The number of amidine groups is 1. The Morgan fingerprint density at radius 2 is 1.70 bits per heavy atom. The third-order valence-electron chi connectivity index (χ3n) is 3.44. The van der Waals surface area contributed by atoms with Crippen molar-refractivity contribution in [3.05, 3.63) is 35.9 Å². The van der Waals surface area contributed by atoms with Crippen molar-refractivity contribution in [1.82, 2.24) is 9.80 Å². The number of hydrogen-bond acceptors (Lipinski definition) is 3. The van der Waals surface area contributed by atoms with Crippen LogP contribution in [0.3, 0.4) is 0 Å². The average molecular weight is 334 g/mol. The van der Waals surface area contributed by atoms with E-state index in [9.17, 15) is 4.79 Å². The van der Waals surface area contributed by atoms with Gasteiger partial charge < -0.3 is 4.90 Å². The van der Waals surface area contributed by atoms with Gasteiger partial charge in [-0.3, -0.25) is 9.89 Å². The van der Waals surface area contributed by atoms with E-state index in [2.05, 4.69) is 41.5 Å². The number of nitrogens with zero attached hydrogens (tertiary/aromatic N) is 3. The summed E-state index contributed by atoms with van der Waals surface area (Å²) in [5.74, 6) is 0.641. The van der Waals surface area contributed by atoms with Crippen LogP contribution in [-0.4, -0.2) is 38.0 Å². The van der Waals surface area contributed by atoms with E-state index >= 15 is 0 Å². The van der Waals surface area contributed by atoms with Crippen LogP contribution in [0.5, 0.6) is 0 Å². The van der Waals surface area contributed by atoms with Gasteiger partial charge in [0, 0.05) is 5.54 Å². The minimum absolute atomic E-state index is 0.0307. The lowest BCUT2D eigenvalue weighted by Crippen LogP contribution is -2.56. The van der Waals surface area contributed by atoms with Gasteiger partial charge in [-0.25, -0.2) is 4.79 Å². The van der Waals surface area contributed by atoms with Crippen molar-refractivity contribution >= 4 is 23.0 Å². The Bertz CT molecular complexity index is 585. The predicted molar refractivity (Wildman–Crippen MR) is 98.6 cm³/mol. The van der Waals surface area contributed by atoms with Crippen molar-refractivity contribution in [3.63, 3.8) is 0 Å². The third kappa shape index (κ3) is 4.74. The maximum atomic E-state index is 13.0. The molecule has 0 spiro atoms. The Labute approximate surface area is 144 Å². The molecule has 0 atom stereocenters. The number of thioether (sulfide) groups is 1. The highest BCUT2D eigenvalue weighted by molar-refractivity contribution is 8.13. The van der Waals surface area contributed by atoms with E-state index in [0.717, 1.165) is 10.7 Å². The van der Waals surface area contributed by atoms with E-state index in [4.69, 9.17) is 4.99 Å². The molecule has 0 bridgehead atoms. The van der Waals surface area contributed by atoms with E-state index in [1.165, 1.54) is 0 Å². The molecule has 0 aromatic heterocycles. The lowest BCUT2D eigenvalue weighted by Gasteiger charge is -2.43. The Balaban J connectivity index is 2.34. The largest absolute Gasteiger partial charge is 0.327 e. The summed E-state index contributed by atoms with van der Waals surface area (Å²) < 4.78 is 0. The van der Waals surface area contributed by atoms with Crippen molar-refractivity contribution in [3.8, 4) is 0 Å². The number of benzene rings is 1. The Morgan fingerprint density at radius 3 is 2.22 bits per heavy atom. The number of rotatable bonds is 2. The fraction of sp³-hybridized carbons (Fsp3) is 0.556. The van der Waals surface area contributed by atoms with E-state index < -0.39 is 0 Å². The first kappa shape index (κ1) is 17.9. The van der Waals surface area contributed by atoms with E-state index in [-0.39, 0.29) is 17.1 Å². The molecule has 2 rings (SSSR count). The summed E-state index contributed by atoms with van der Waals surface area (Å²) in [6, 6.07) is 10.1. The molecule has 4 nitrogen and oxygen atoms in total. The number of carbonyl (C=O) groups is 1. The zero-order chi connectivity index (χ0) is 17.3. The van der Waals surface area contributed by atoms with E-state index in [1.54, 1.807) is 16.7 Å². The van der Waals surface area contributed by atoms with Crippen LogP contribution in [0.2, 0.25) is 0 Å². The molecule has 1 aliphatic rings. The van der Waals surface area contributed by atoms with Gasteiger partial charge in [-0.2, -0.15) is 0 Å². The third-order valence-corrected chi connectivity index (χ3v) is 4.40. The monoisotopic (exact) mass is 333 g/mol. The Hall–Kier alpha value is -1.49. The lowest BCUT2D eigenvalue weighted by molar-refractivity contribution is 0.137. The molecule has 23 heavy (non-hydrogen) atoms. The number of amides is 2. The summed E-state index contributed by atoms with van der Waals surface area (Å²) in [7, 11) is 0. The molecule has 0 N–H and O–H groups in total. The van der Waals surface area contributed by atoms with Gasteiger partial charge in [-0.05, 0) is 47.1 Å². The second kappa shape index (κ2) is 6.56. The molecule has 1 aromatic carbocycles. The van der Waals surface area contributed by atoms with Gasteiger partial charge in [0.15, 0.2) is 5.17 Å². The Morgan fingerprint density at radius 1 is 1.09 bits per heavy atom. The number of aliphatic imine (C=N–C) groups is 1. The summed E-state index contributed by atoms with van der Waals surface area (Å²) in [6.45, 7) is 12.9. The highest BCUT2D eigenvalue weighted by Crippen LogP contribution is 2.29. The van der Waals surface area contributed by atoms with Gasteiger partial charge >= 0.3 is 6.03 Å². The van der Waals surface area contributed by atoms with Crippen molar-refractivity contribution in [2.24, 2.45) is 4.99 Å². The molecule has 0 radical (unpaired) electrons. The van der Waals surface area contributed by atoms with Gasteiger partial charge in [0.2, 0.25) is 0 Å². The van der Waals surface area contributed by atoms with Crippen molar-refractivity contribution in [1.29, 1.82) is 0 Å². The fourth-order valence-corrected chi connectivity index (χ4v) is 3.62. The first-order valence-corrected chi connectivity index (χ1v) is 8.92. The predicted octanol–water partition coefficient (Wildman–Crippen LogP) is 4.57. The van der Waals surface area contributed by atoms with Crippen LogP contribution in [0.4, 0.5) is 4.79 Å². The number of hydrogen-bond donors (Lipinski definition) is 0. The molecular weight excluding hydrogens is 306 g/mol. The molecular formula is C18H27N3OS. The van der Waals surface area contributed by atoms with Gasteiger partial charge in [0.1, 0.15) is 0 Å². The highest BCUT2D eigenvalue weighted by Gasteiger charge is 2.37. The molecule has 1 aliphatic heterocycles. The zero-order valence-corrected chi connectivity index (χ0v) is 15.8. The standard InChI is InChI=1S/C18H27N3OS/c1-17(2,3)19-15-20(12-14-10-8-7-9-11-14)16(22)21(13-23-15)18(4,5)6/h7-11H,12-13H2,1-6H3/b19-15-. The quantitative estimate of drug-likeness (QED) is 0.795. The van der Waals surface area contributed by atoms with Gasteiger partial charge in [-0.1, -0.05) is 42.1 Å². The summed E-state index contributed by atoms with van der Waals surface area (Å²) >= 11 is 1.64. The molecule has 0 aliphatic carbocycles. The van der Waals surface area contributed by atoms with Crippen LogP contribution in [-0.2, 0) is 6.54 Å². The highest BCUT2D eigenvalue weighted by atomic mass is 32.2. The minimum atomic E-state index is -0.207. The van der Waals surface area contributed by atoms with Crippen LogP contribution >= 0.6 is 11.8 Å². The molecule has 1 saturated heterocycles. The smallest absolute Gasteiger partial charge is 0.310 e. The maximum absolute atomic E-state index is 13.0. The summed E-state index contributed by atoms with van der Waals surface area (Å²) in [6.07, 6.45) is 0. The van der Waals surface area contributed by atoms with Gasteiger partial charge in [0.25, 0.3) is 0 Å². The van der Waals surface area contributed by atoms with Crippen LogP contribution in [0.15, 0.2) is 35.3 Å². The molecule has 1 heterocycles. The summed E-state index contributed by atoms with van der Waals surface area (Å²) in [5, 5.41) is 0.812. The average Bonchev–Trinajstić information content (AvgIpc) is 2.41. The second-order valence-corrected chi connectivity index (χ2v) is 8.70. The molecule has 5 heteroatoms. The summed E-state index contributed by atoms with van der Waals surface area (Å²) in [4.78, 5) is 21.5. The second-order valence-electron chi connectivity index (χ2n) is 7.79. The molecule has 0 saturated carbocycles. The normalized spacial score (nSPS) is 18.7. The molecule has 1 aromatic rings. The first-order chi connectivity index (χ1) is 10.6. The summed E-state index contributed by atoms with van der Waals surface area (Å²) in [5.41, 5.74) is 0.701. The number of urea groups is 1. The molecule has 126 valence electrons. The van der Waals surface area contributed by atoms with Crippen LogP contribution in [0, 0.1) is 0 Å². The maximum Gasteiger partial charge on any atom is 0.327 e. The number of carbonyl (C=O) groups excluding carboxylic acids is 1. The van der Waals surface area contributed by atoms with Crippen LogP contribution in [0.1, 0.15) is 47.1 Å². The van der Waals surface area contributed by atoms with Crippen LogP contribution < -0.4 is 0 Å². The molecule has 2 amide bonds. The SMILES string of the molecule is CC(C)(C)/N=C1\SCN(C(C)(C)C)C(=O)N1Cc1ccccc1. The van der Waals surface area contributed by atoms with Crippen molar-refractivity contribution in [2.75, 3.05) is 5.88 Å². The molecule has 0 unspecified atom stereocenters. The first-order valence-electron chi connectivity index (χ1n) is 7.94. The van der Waals surface area contributed by atoms with E-state index in [0.29, 0.717) is 12.4 Å².